The van der Waals surface area contributed by atoms with Gasteiger partial charge >= 0.3 is 5.97 Å². The quantitative estimate of drug-likeness (QED) is 0.420. The lowest BCUT2D eigenvalue weighted by Gasteiger charge is -2.33. The normalized spacial score (nSPS) is 21.6. The van der Waals surface area contributed by atoms with Crippen LogP contribution in [-0.2, 0) is 11.2 Å². The number of carboxylic acid groups (broad SMARTS) is 1. The molecule has 0 spiro atoms. The molecule has 4 rings (SSSR count). The fourth-order valence-corrected chi connectivity index (χ4v) is 5.81. The minimum absolute atomic E-state index is 0.0187. The summed E-state index contributed by atoms with van der Waals surface area (Å²) in [6.07, 6.45) is 14.6. The smallest absolute Gasteiger partial charge is 0.341 e. The van der Waals surface area contributed by atoms with Gasteiger partial charge in [-0.3, -0.25) is 4.79 Å². The van der Waals surface area contributed by atoms with Gasteiger partial charge in [-0.25, -0.2) is 9.48 Å². The zero-order chi connectivity index (χ0) is 25.0. The predicted molar refractivity (Wildman–Crippen MR) is 139 cm³/mol. The summed E-state index contributed by atoms with van der Waals surface area (Å²) in [7, 11) is 0. The van der Waals surface area contributed by atoms with Crippen molar-refractivity contribution >= 4 is 17.6 Å². The maximum Gasteiger partial charge on any atom is 0.341 e. The molecule has 1 aromatic carbocycles. The Balaban J connectivity index is 1.45. The third kappa shape index (κ3) is 6.33. The summed E-state index contributed by atoms with van der Waals surface area (Å²) in [4.78, 5) is 25.2. The van der Waals surface area contributed by atoms with E-state index in [1.54, 1.807) is 4.68 Å². The highest BCUT2D eigenvalue weighted by Gasteiger charge is 2.36. The zero-order valence-electron chi connectivity index (χ0n) is 21.6. The molecular formula is C29H41N3O3. The van der Waals surface area contributed by atoms with E-state index in [1.807, 2.05) is 26.0 Å². The number of aromatic carboxylic acids is 1. The highest BCUT2D eigenvalue weighted by molar-refractivity contribution is 5.96. The predicted octanol–water partition coefficient (Wildman–Crippen LogP) is 6.67. The molecule has 6 heteroatoms. The van der Waals surface area contributed by atoms with Crippen molar-refractivity contribution in [1.29, 1.82) is 0 Å². The Bertz CT molecular complexity index is 1010. The van der Waals surface area contributed by atoms with E-state index in [-0.39, 0.29) is 23.1 Å². The molecule has 2 aliphatic rings. The zero-order valence-corrected chi connectivity index (χ0v) is 21.6. The number of anilines is 1. The molecule has 6 nitrogen and oxygen atoms in total. The summed E-state index contributed by atoms with van der Waals surface area (Å²) in [5.74, 6) is 0.856. The lowest BCUT2D eigenvalue weighted by Crippen LogP contribution is -2.45. The number of hydrogen-bond acceptors (Lipinski definition) is 4. The van der Waals surface area contributed by atoms with Gasteiger partial charge in [-0.2, -0.15) is 0 Å². The number of nitrogens with zero attached hydrogens (tertiary/aromatic N) is 2. The minimum Gasteiger partial charge on any atom is -0.477 e. The van der Waals surface area contributed by atoms with Crippen LogP contribution in [0.1, 0.15) is 101 Å². The van der Waals surface area contributed by atoms with Crippen LogP contribution in [0.2, 0.25) is 0 Å². The number of nitrogens with one attached hydrogen (secondary N) is 1. The van der Waals surface area contributed by atoms with Crippen molar-refractivity contribution in [2.75, 3.05) is 5.32 Å². The Morgan fingerprint density at radius 3 is 2.31 bits per heavy atom. The highest BCUT2D eigenvalue weighted by Crippen LogP contribution is 2.33. The van der Waals surface area contributed by atoms with E-state index in [9.17, 15) is 14.7 Å². The van der Waals surface area contributed by atoms with Crippen molar-refractivity contribution < 1.29 is 14.7 Å². The molecule has 1 heterocycles. The first-order valence-electron chi connectivity index (χ1n) is 13.5. The monoisotopic (exact) mass is 479 g/mol. The SMILES string of the molecule is CC1CCC(C(=O)C(C)(C)Nc2nn(-c3ccc(CCC4CCCCC4)cc3)cc2C(=O)O)CC1. The van der Waals surface area contributed by atoms with E-state index in [4.69, 9.17) is 0 Å². The number of carbonyl (C=O) groups excluding carboxylic acids is 1. The summed E-state index contributed by atoms with van der Waals surface area (Å²) in [5, 5.41) is 17.5. The van der Waals surface area contributed by atoms with Crippen LogP contribution in [0.25, 0.3) is 5.69 Å². The van der Waals surface area contributed by atoms with E-state index in [2.05, 4.69) is 29.5 Å². The summed E-state index contributed by atoms with van der Waals surface area (Å²) in [5.41, 5.74) is 1.30. The van der Waals surface area contributed by atoms with Crippen LogP contribution in [0, 0.1) is 17.8 Å². The van der Waals surface area contributed by atoms with Crippen molar-refractivity contribution in [2.45, 2.75) is 96.9 Å². The minimum atomic E-state index is -1.06. The average molecular weight is 480 g/mol. The van der Waals surface area contributed by atoms with Gasteiger partial charge in [0.05, 0.1) is 11.2 Å². The lowest BCUT2D eigenvalue weighted by atomic mass is 9.76. The fourth-order valence-electron chi connectivity index (χ4n) is 5.81. The molecule has 0 unspecified atom stereocenters. The van der Waals surface area contributed by atoms with Crippen molar-refractivity contribution in [1.82, 2.24) is 9.78 Å². The first kappa shape index (κ1) is 25.5. The number of aromatic nitrogens is 2. The molecule has 2 aliphatic carbocycles. The number of carboxylic acids is 1. The van der Waals surface area contributed by atoms with Crippen molar-refractivity contribution in [3.63, 3.8) is 0 Å². The topological polar surface area (TPSA) is 84.2 Å². The summed E-state index contributed by atoms with van der Waals surface area (Å²) < 4.78 is 1.60. The highest BCUT2D eigenvalue weighted by atomic mass is 16.4. The van der Waals surface area contributed by atoms with Crippen LogP contribution >= 0.6 is 0 Å². The molecule has 0 amide bonds. The van der Waals surface area contributed by atoms with E-state index >= 15 is 0 Å². The standard InChI is InChI=1S/C29H41N3O3/c1-20-9-15-23(16-10-20)26(33)29(2,3)30-27-25(28(34)35)19-32(31-27)24-17-13-22(14-18-24)12-11-21-7-5-4-6-8-21/h13-14,17-21,23H,4-12,15-16H2,1-3H3,(H,30,31)(H,34,35). The maximum atomic E-state index is 13.3. The Morgan fingerprint density at radius 2 is 1.69 bits per heavy atom. The van der Waals surface area contributed by atoms with Gasteiger partial charge in [-0.1, -0.05) is 64.0 Å². The Kier molecular flexibility index (Phi) is 7.98. The van der Waals surface area contributed by atoms with Crippen LogP contribution < -0.4 is 5.32 Å². The van der Waals surface area contributed by atoms with Crippen molar-refractivity contribution in [3.8, 4) is 5.69 Å². The third-order valence-electron chi connectivity index (χ3n) is 8.15. The maximum absolute atomic E-state index is 13.3. The van der Waals surface area contributed by atoms with Gasteiger partial charge in [0, 0.05) is 12.1 Å². The van der Waals surface area contributed by atoms with Crippen LogP contribution in [0.4, 0.5) is 5.82 Å². The molecule has 35 heavy (non-hydrogen) atoms. The van der Waals surface area contributed by atoms with Crippen molar-refractivity contribution in [2.24, 2.45) is 17.8 Å². The number of rotatable bonds is 9. The van der Waals surface area contributed by atoms with Gasteiger partial charge in [-0.05, 0) is 69.1 Å². The summed E-state index contributed by atoms with van der Waals surface area (Å²) in [6, 6.07) is 8.23. The van der Waals surface area contributed by atoms with Gasteiger partial charge in [0.25, 0.3) is 0 Å². The Labute approximate surface area is 209 Å². The Morgan fingerprint density at radius 1 is 1.03 bits per heavy atom. The summed E-state index contributed by atoms with van der Waals surface area (Å²) in [6.45, 7) is 5.90. The van der Waals surface area contributed by atoms with E-state index in [0.29, 0.717) is 5.92 Å². The third-order valence-corrected chi connectivity index (χ3v) is 8.15. The van der Waals surface area contributed by atoms with E-state index in [0.717, 1.165) is 43.7 Å². The second-order valence-corrected chi connectivity index (χ2v) is 11.4. The molecular weight excluding hydrogens is 438 g/mol. The van der Waals surface area contributed by atoms with E-state index in [1.165, 1.54) is 50.3 Å². The van der Waals surface area contributed by atoms with Crippen molar-refractivity contribution in [3.05, 3.63) is 41.6 Å². The first-order valence-corrected chi connectivity index (χ1v) is 13.5. The number of ketones is 1. The lowest BCUT2D eigenvalue weighted by molar-refractivity contribution is -0.127. The number of carbonyl (C=O) groups is 2. The molecule has 2 fully saturated rings. The molecule has 0 bridgehead atoms. The second-order valence-electron chi connectivity index (χ2n) is 11.4. The molecule has 2 N–H and O–H groups in total. The molecule has 0 atom stereocenters. The molecule has 0 aliphatic heterocycles. The Hall–Kier alpha value is -2.63. The number of benzene rings is 1. The largest absolute Gasteiger partial charge is 0.477 e. The molecule has 190 valence electrons. The first-order chi connectivity index (χ1) is 16.7. The van der Waals surface area contributed by atoms with Crippen LogP contribution in [0.3, 0.4) is 0 Å². The van der Waals surface area contributed by atoms with Crippen LogP contribution in [0.5, 0.6) is 0 Å². The molecule has 0 radical (unpaired) electrons. The van der Waals surface area contributed by atoms with Gasteiger partial charge in [-0.15, -0.1) is 5.10 Å². The van der Waals surface area contributed by atoms with Gasteiger partial charge in [0.15, 0.2) is 11.6 Å². The summed E-state index contributed by atoms with van der Waals surface area (Å²) >= 11 is 0. The number of aryl methyl sites for hydroxylation is 1. The molecule has 1 aromatic heterocycles. The number of Topliss-reactive ketones (excluding diaryl/α,β-unsaturated/α-hetero) is 1. The molecule has 2 aromatic rings. The van der Waals surface area contributed by atoms with Gasteiger partial charge in [0.1, 0.15) is 5.56 Å². The van der Waals surface area contributed by atoms with Crippen LogP contribution in [-0.4, -0.2) is 32.2 Å². The fraction of sp³-hybridized carbons (Fsp3) is 0.621. The molecule has 0 saturated heterocycles. The van der Waals surface area contributed by atoms with Gasteiger partial charge in [0.2, 0.25) is 0 Å². The van der Waals surface area contributed by atoms with Gasteiger partial charge < -0.3 is 10.4 Å². The molecule has 2 saturated carbocycles. The van der Waals surface area contributed by atoms with E-state index < -0.39 is 11.5 Å². The average Bonchev–Trinajstić information content (AvgIpc) is 3.27. The number of hydrogen-bond donors (Lipinski definition) is 2. The van der Waals surface area contributed by atoms with Crippen LogP contribution in [0.15, 0.2) is 30.5 Å². The second kappa shape index (κ2) is 11.0.